The lowest BCUT2D eigenvalue weighted by Gasteiger charge is -2.17. The first kappa shape index (κ1) is 15.1. The van der Waals surface area contributed by atoms with Crippen LogP contribution in [0.3, 0.4) is 0 Å². The fraction of sp³-hybridized carbons (Fsp3) is 0.471. The average molecular weight is 291 g/mol. The lowest BCUT2D eigenvalue weighted by atomic mass is 9.94. The number of halogens is 1. The fourth-order valence-electron chi connectivity index (χ4n) is 2.57. The van der Waals surface area contributed by atoms with Crippen molar-refractivity contribution in [2.24, 2.45) is 5.92 Å². The zero-order chi connectivity index (χ0) is 14.2. The Hall–Kier alpha value is -1.28. The minimum Gasteiger partial charge on any atom is -0.337 e. The number of imidazole rings is 1. The van der Waals surface area contributed by atoms with Crippen molar-refractivity contribution in [3.63, 3.8) is 0 Å². The number of nitrogens with zero attached hydrogens (tertiary/aromatic N) is 2. The number of aryl methyl sites for hydroxylation is 1. The van der Waals surface area contributed by atoms with Gasteiger partial charge in [0.2, 0.25) is 0 Å². The van der Waals surface area contributed by atoms with Crippen molar-refractivity contribution in [3.8, 4) is 0 Å². The molecule has 1 aromatic heterocycles. The van der Waals surface area contributed by atoms with Gasteiger partial charge in [0.15, 0.2) is 0 Å². The zero-order valence-electron chi connectivity index (χ0n) is 12.1. The first-order valence-corrected chi connectivity index (χ1v) is 7.86. The summed E-state index contributed by atoms with van der Waals surface area (Å²) in [5.74, 6) is 0.695. The standard InChI is InChI=1S/C17H23ClN2/c1-2-3-6-15(13-20-12-11-19-14-20)9-10-16-7-4-5-8-17(16)18/h4-5,7-8,11-12,14-15H,2-3,6,9-10,13H2,1H3. The minimum absolute atomic E-state index is 0.695. The summed E-state index contributed by atoms with van der Waals surface area (Å²) in [6.45, 7) is 3.31. The molecule has 1 unspecified atom stereocenters. The third-order valence-corrected chi connectivity index (χ3v) is 4.14. The second-order valence-electron chi connectivity index (χ2n) is 5.40. The van der Waals surface area contributed by atoms with Gasteiger partial charge >= 0.3 is 0 Å². The molecule has 0 fully saturated rings. The van der Waals surface area contributed by atoms with Crippen molar-refractivity contribution < 1.29 is 0 Å². The first-order valence-electron chi connectivity index (χ1n) is 7.48. The van der Waals surface area contributed by atoms with Crippen LogP contribution in [0.5, 0.6) is 0 Å². The molecule has 1 atom stereocenters. The Morgan fingerprint density at radius 1 is 1.25 bits per heavy atom. The molecule has 1 heterocycles. The summed E-state index contributed by atoms with van der Waals surface area (Å²) < 4.78 is 2.19. The van der Waals surface area contributed by atoms with E-state index >= 15 is 0 Å². The van der Waals surface area contributed by atoms with E-state index in [9.17, 15) is 0 Å². The minimum atomic E-state index is 0.695. The quantitative estimate of drug-likeness (QED) is 0.671. The van der Waals surface area contributed by atoms with Crippen molar-refractivity contribution in [3.05, 3.63) is 53.6 Å². The van der Waals surface area contributed by atoms with Gasteiger partial charge in [0.25, 0.3) is 0 Å². The Morgan fingerprint density at radius 3 is 2.80 bits per heavy atom. The lowest BCUT2D eigenvalue weighted by Crippen LogP contribution is -2.11. The van der Waals surface area contributed by atoms with Crippen LogP contribution in [0, 0.1) is 5.92 Å². The van der Waals surface area contributed by atoms with Gasteiger partial charge in [-0.25, -0.2) is 4.98 Å². The maximum atomic E-state index is 6.24. The van der Waals surface area contributed by atoms with E-state index in [1.165, 1.54) is 31.2 Å². The Bertz CT molecular complexity index is 493. The van der Waals surface area contributed by atoms with Gasteiger partial charge in [0, 0.05) is 24.0 Å². The van der Waals surface area contributed by atoms with Crippen LogP contribution in [0.25, 0.3) is 0 Å². The van der Waals surface area contributed by atoms with Gasteiger partial charge in [-0.2, -0.15) is 0 Å². The summed E-state index contributed by atoms with van der Waals surface area (Å²) in [6, 6.07) is 8.17. The summed E-state index contributed by atoms with van der Waals surface area (Å²) >= 11 is 6.24. The summed E-state index contributed by atoms with van der Waals surface area (Å²) in [5, 5.41) is 0.893. The second-order valence-corrected chi connectivity index (χ2v) is 5.81. The van der Waals surface area contributed by atoms with Crippen LogP contribution in [0.4, 0.5) is 0 Å². The molecule has 0 aliphatic heterocycles. The van der Waals surface area contributed by atoms with Crippen LogP contribution in [0.2, 0.25) is 5.02 Å². The third kappa shape index (κ3) is 4.68. The lowest BCUT2D eigenvalue weighted by molar-refractivity contribution is 0.377. The summed E-state index contributed by atoms with van der Waals surface area (Å²) in [5.41, 5.74) is 1.27. The smallest absolute Gasteiger partial charge is 0.0945 e. The van der Waals surface area contributed by atoms with Crippen LogP contribution in [0.15, 0.2) is 43.0 Å². The fourth-order valence-corrected chi connectivity index (χ4v) is 2.80. The van der Waals surface area contributed by atoms with Crippen LogP contribution in [-0.2, 0) is 13.0 Å². The number of rotatable bonds is 8. The molecule has 0 aliphatic carbocycles. The number of benzene rings is 1. The van der Waals surface area contributed by atoms with Crippen LogP contribution < -0.4 is 0 Å². The summed E-state index contributed by atoms with van der Waals surface area (Å²) in [6.07, 6.45) is 11.9. The van der Waals surface area contributed by atoms with E-state index in [1.807, 2.05) is 24.7 Å². The molecular weight excluding hydrogens is 268 g/mol. The maximum Gasteiger partial charge on any atom is 0.0945 e. The molecule has 0 aliphatic rings. The molecule has 0 bridgehead atoms. The van der Waals surface area contributed by atoms with Crippen molar-refractivity contribution in [2.45, 2.75) is 45.6 Å². The highest BCUT2D eigenvalue weighted by molar-refractivity contribution is 6.31. The van der Waals surface area contributed by atoms with Crippen molar-refractivity contribution in [1.82, 2.24) is 9.55 Å². The molecule has 108 valence electrons. The molecule has 2 nitrogen and oxygen atoms in total. The van der Waals surface area contributed by atoms with Gasteiger partial charge in [-0.3, -0.25) is 0 Å². The van der Waals surface area contributed by atoms with Gasteiger partial charge < -0.3 is 4.57 Å². The van der Waals surface area contributed by atoms with E-state index < -0.39 is 0 Å². The Morgan fingerprint density at radius 2 is 2.10 bits per heavy atom. The third-order valence-electron chi connectivity index (χ3n) is 3.77. The molecule has 20 heavy (non-hydrogen) atoms. The van der Waals surface area contributed by atoms with E-state index in [2.05, 4.69) is 34.8 Å². The predicted molar refractivity (Wildman–Crippen MR) is 85.0 cm³/mol. The van der Waals surface area contributed by atoms with E-state index in [0.29, 0.717) is 5.92 Å². The topological polar surface area (TPSA) is 17.8 Å². The van der Waals surface area contributed by atoms with Crippen molar-refractivity contribution in [1.29, 1.82) is 0 Å². The number of unbranched alkanes of at least 4 members (excludes halogenated alkanes) is 1. The largest absolute Gasteiger partial charge is 0.337 e. The molecule has 0 saturated heterocycles. The summed E-state index contributed by atoms with van der Waals surface area (Å²) in [7, 11) is 0. The number of hydrogen-bond acceptors (Lipinski definition) is 1. The first-order chi connectivity index (χ1) is 9.79. The molecule has 0 radical (unpaired) electrons. The number of aromatic nitrogens is 2. The van der Waals surface area contributed by atoms with Gasteiger partial charge in [-0.1, -0.05) is 49.6 Å². The highest BCUT2D eigenvalue weighted by atomic mass is 35.5. The molecule has 2 aromatic rings. The van der Waals surface area contributed by atoms with Crippen molar-refractivity contribution >= 4 is 11.6 Å². The second kappa shape index (κ2) is 8.11. The Kier molecular flexibility index (Phi) is 6.13. The highest BCUT2D eigenvalue weighted by Crippen LogP contribution is 2.22. The van der Waals surface area contributed by atoms with Crippen molar-refractivity contribution in [2.75, 3.05) is 0 Å². The molecule has 0 saturated carbocycles. The van der Waals surface area contributed by atoms with Crippen LogP contribution in [0.1, 0.15) is 38.2 Å². The molecule has 2 rings (SSSR count). The van der Waals surface area contributed by atoms with E-state index in [1.54, 1.807) is 0 Å². The number of hydrogen-bond donors (Lipinski definition) is 0. The molecular formula is C17H23ClN2. The van der Waals surface area contributed by atoms with Gasteiger partial charge in [-0.15, -0.1) is 0 Å². The average Bonchev–Trinajstić information content (AvgIpc) is 2.96. The van der Waals surface area contributed by atoms with Crippen LogP contribution in [-0.4, -0.2) is 9.55 Å². The van der Waals surface area contributed by atoms with E-state index in [0.717, 1.165) is 18.0 Å². The molecule has 0 N–H and O–H groups in total. The van der Waals surface area contributed by atoms with Gasteiger partial charge in [0.1, 0.15) is 0 Å². The Balaban J connectivity index is 1.91. The molecule has 1 aromatic carbocycles. The predicted octanol–water partition coefficient (Wildman–Crippen LogP) is 4.98. The normalized spacial score (nSPS) is 12.5. The van der Waals surface area contributed by atoms with E-state index in [4.69, 9.17) is 11.6 Å². The monoisotopic (exact) mass is 290 g/mol. The molecule has 3 heteroatoms. The maximum absolute atomic E-state index is 6.24. The summed E-state index contributed by atoms with van der Waals surface area (Å²) in [4.78, 5) is 4.13. The van der Waals surface area contributed by atoms with E-state index in [-0.39, 0.29) is 0 Å². The highest BCUT2D eigenvalue weighted by Gasteiger charge is 2.10. The van der Waals surface area contributed by atoms with Crippen LogP contribution >= 0.6 is 11.6 Å². The molecule has 0 amide bonds. The molecule has 0 spiro atoms. The Labute approximate surface area is 126 Å². The van der Waals surface area contributed by atoms with Gasteiger partial charge in [0.05, 0.1) is 6.33 Å². The zero-order valence-corrected chi connectivity index (χ0v) is 12.9. The SMILES string of the molecule is CCCCC(CCc1ccccc1Cl)Cn1ccnc1. The van der Waals surface area contributed by atoms with Gasteiger partial charge in [-0.05, 0) is 36.8 Å².